The van der Waals surface area contributed by atoms with Crippen LogP contribution in [0.15, 0.2) is 28.0 Å². The number of methoxy groups -OCH3 is 1. The highest BCUT2D eigenvalue weighted by Gasteiger charge is 2.29. The monoisotopic (exact) mass is 318 g/mol. The highest BCUT2D eigenvalue weighted by atomic mass is 33.1. The molecule has 2 aliphatic rings. The third-order valence-corrected chi connectivity index (χ3v) is 6.21. The van der Waals surface area contributed by atoms with Crippen LogP contribution in [0.2, 0.25) is 0 Å². The summed E-state index contributed by atoms with van der Waals surface area (Å²) in [6, 6.07) is 6.46. The van der Waals surface area contributed by atoms with Crippen molar-refractivity contribution in [2.75, 3.05) is 13.9 Å². The molecule has 0 spiro atoms. The van der Waals surface area contributed by atoms with Crippen LogP contribution in [0.25, 0.3) is 11.1 Å². The van der Waals surface area contributed by atoms with Crippen LogP contribution >= 0.6 is 21.6 Å². The van der Waals surface area contributed by atoms with Gasteiger partial charge in [0.1, 0.15) is 5.75 Å². The van der Waals surface area contributed by atoms with Crippen molar-refractivity contribution in [3.8, 4) is 28.4 Å². The van der Waals surface area contributed by atoms with Crippen molar-refractivity contribution in [1.29, 1.82) is 0 Å². The number of rotatable bonds is 1. The molecule has 0 saturated heterocycles. The standard InChI is InChI=1S/C16H14O3S2/c1-8-4-12-10(6-11(8)17-3)14-13(21-20-12)5-9(2)15-16(14)19-7-18-15/h4-6H,7H2,1-3H3. The van der Waals surface area contributed by atoms with Gasteiger partial charge in [-0.2, -0.15) is 0 Å². The zero-order valence-corrected chi connectivity index (χ0v) is 13.6. The van der Waals surface area contributed by atoms with E-state index in [1.54, 1.807) is 28.7 Å². The van der Waals surface area contributed by atoms with Gasteiger partial charge in [-0.15, -0.1) is 0 Å². The third-order valence-electron chi connectivity index (χ3n) is 3.78. The molecule has 2 aromatic rings. The zero-order valence-electron chi connectivity index (χ0n) is 12.0. The number of ether oxygens (including phenoxy) is 3. The lowest BCUT2D eigenvalue weighted by Gasteiger charge is -2.22. The molecule has 2 aliphatic heterocycles. The highest BCUT2D eigenvalue weighted by molar-refractivity contribution is 8.76. The molecule has 4 rings (SSSR count). The van der Waals surface area contributed by atoms with Crippen molar-refractivity contribution >= 4 is 21.6 Å². The lowest BCUT2D eigenvalue weighted by atomic mass is 10.00. The van der Waals surface area contributed by atoms with Gasteiger partial charge in [0.15, 0.2) is 11.5 Å². The number of hydrogen-bond donors (Lipinski definition) is 0. The Balaban J connectivity index is 2.02. The molecular formula is C16H14O3S2. The minimum atomic E-state index is 0.294. The number of aryl methyl sites for hydroxylation is 2. The highest BCUT2D eigenvalue weighted by Crippen LogP contribution is 2.58. The Morgan fingerprint density at radius 2 is 1.67 bits per heavy atom. The molecule has 0 bridgehead atoms. The summed E-state index contributed by atoms with van der Waals surface area (Å²) in [5, 5.41) is 0. The summed E-state index contributed by atoms with van der Waals surface area (Å²) in [7, 11) is 5.27. The molecule has 21 heavy (non-hydrogen) atoms. The maximum absolute atomic E-state index is 5.75. The van der Waals surface area contributed by atoms with Gasteiger partial charge in [-0.1, -0.05) is 21.6 Å². The largest absolute Gasteiger partial charge is 0.496 e. The van der Waals surface area contributed by atoms with Crippen LogP contribution in [0.3, 0.4) is 0 Å². The van der Waals surface area contributed by atoms with Crippen LogP contribution in [0.1, 0.15) is 11.1 Å². The maximum atomic E-state index is 5.75. The van der Waals surface area contributed by atoms with E-state index in [1.807, 2.05) is 0 Å². The maximum Gasteiger partial charge on any atom is 0.231 e. The summed E-state index contributed by atoms with van der Waals surface area (Å²) >= 11 is 0. The molecule has 3 nitrogen and oxygen atoms in total. The van der Waals surface area contributed by atoms with Crippen molar-refractivity contribution in [3.63, 3.8) is 0 Å². The number of fused-ring (bicyclic) bond motifs is 5. The molecule has 5 heteroatoms. The first-order chi connectivity index (χ1) is 10.2. The average molecular weight is 318 g/mol. The summed E-state index contributed by atoms with van der Waals surface area (Å²) in [5.74, 6) is 2.64. The van der Waals surface area contributed by atoms with Crippen molar-refractivity contribution in [1.82, 2.24) is 0 Å². The van der Waals surface area contributed by atoms with E-state index in [2.05, 4.69) is 32.0 Å². The fourth-order valence-corrected chi connectivity index (χ4v) is 5.27. The molecule has 108 valence electrons. The van der Waals surface area contributed by atoms with Crippen LogP contribution < -0.4 is 14.2 Å². The first-order valence-corrected chi connectivity index (χ1v) is 8.80. The quantitative estimate of drug-likeness (QED) is 0.703. The molecule has 0 amide bonds. The van der Waals surface area contributed by atoms with E-state index in [9.17, 15) is 0 Å². The minimum Gasteiger partial charge on any atom is -0.496 e. The fourth-order valence-electron chi connectivity index (χ4n) is 2.76. The van der Waals surface area contributed by atoms with Crippen LogP contribution in [-0.4, -0.2) is 13.9 Å². The van der Waals surface area contributed by atoms with Gasteiger partial charge in [0.05, 0.1) is 7.11 Å². The Hall–Kier alpha value is -1.46. The van der Waals surface area contributed by atoms with E-state index in [-0.39, 0.29) is 0 Å². The molecule has 0 saturated carbocycles. The van der Waals surface area contributed by atoms with E-state index in [0.29, 0.717) is 6.79 Å². The molecule has 0 aromatic heterocycles. The van der Waals surface area contributed by atoms with Crippen molar-refractivity contribution < 1.29 is 14.2 Å². The van der Waals surface area contributed by atoms with Gasteiger partial charge < -0.3 is 14.2 Å². The molecule has 0 unspecified atom stereocenters. The molecule has 0 N–H and O–H groups in total. The van der Waals surface area contributed by atoms with Gasteiger partial charge in [0.2, 0.25) is 6.79 Å². The average Bonchev–Trinajstić information content (AvgIpc) is 2.96. The second-order valence-corrected chi connectivity index (χ2v) is 7.33. The topological polar surface area (TPSA) is 27.7 Å². The Labute approximate surface area is 131 Å². The fraction of sp³-hybridized carbons (Fsp3) is 0.250. The Kier molecular flexibility index (Phi) is 3.01. The molecule has 0 atom stereocenters. The molecule has 0 aliphatic carbocycles. The Morgan fingerprint density at radius 1 is 0.952 bits per heavy atom. The summed E-state index contributed by atoms with van der Waals surface area (Å²) < 4.78 is 16.9. The van der Waals surface area contributed by atoms with E-state index in [4.69, 9.17) is 14.2 Å². The summed E-state index contributed by atoms with van der Waals surface area (Å²) in [5.41, 5.74) is 4.56. The van der Waals surface area contributed by atoms with Crippen LogP contribution in [-0.2, 0) is 0 Å². The van der Waals surface area contributed by atoms with Crippen molar-refractivity contribution in [3.05, 3.63) is 29.3 Å². The van der Waals surface area contributed by atoms with E-state index < -0.39 is 0 Å². The molecular weight excluding hydrogens is 304 g/mol. The summed E-state index contributed by atoms with van der Waals surface area (Å²) in [6.07, 6.45) is 0. The molecule has 0 radical (unpaired) electrons. The van der Waals surface area contributed by atoms with Gasteiger partial charge in [-0.3, -0.25) is 0 Å². The van der Waals surface area contributed by atoms with Crippen molar-refractivity contribution in [2.45, 2.75) is 23.6 Å². The predicted octanol–water partition coefficient (Wildman–Crippen LogP) is 4.82. The SMILES string of the molecule is COc1cc2c(cc1C)SSc1cc(C)c3c(c1-2)OCO3. The first kappa shape index (κ1) is 13.2. The summed E-state index contributed by atoms with van der Waals surface area (Å²) in [4.78, 5) is 2.47. The van der Waals surface area contributed by atoms with Gasteiger partial charge in [0.25, 0.3) is 0 Å². The Bertz CT molecular complexity index is 756. The van der Waals surface area contributed by atoms with E-state index in [0.717, 1.165) is 39.5 Å². The second kappa shape index (κ2) is 4.78. The lowest BCUT2D eigenvalue weighted by molar-refractivity contribution is 0.173. The second-order valence-electron chi connectivity index (χ2n) is 5.12. The zero-order chi connectivity index (χ0) is 14.6. The summed E-state index contributed by atoms with van der Waals surface area (Å²) in [6.45, 7) is 4.42. The van der Waals surface area contributed by atoms with Gasteiger partial charge in [-0.25, -0.2) is 0 Å². The van der Waals surface area contributed by atoms with Gasteiger partial charge >= 0.3 is 0 Å². The van der Waals surface area contributed by atoms with Gasteiger partial charge in [0, 0.05) is 20.9 Å². The Morgan fingerprint density at radius 3 is 2.48 bits per heavy atom. The molecule has 0 fully saturated rings. The number of hydrogen-bond acceptors (Lipinski definition) is 5. The normalized spacial score (nSPS) is 14.6. The minimum absolute atomic E-state index is 0.294. The third kappa shape index (κ3) is 1.91. The van der Waals surface area contributed by atoms with Crippen LogP contribution in [0.5, 0.6) is 17.2 Å². The predicted molar refractivity (Wildman–Crippen MR) is 85.7 cm³/mol. The van der Waals surface area contributed by atoms with Crippen molar-refractivity contribution in [2.24, 2.45) is 0 Å². The molecule has 2 aromatic carbocycles. The van der Waals surface area contributed by atoms with E-state index in [1.165, 1.54) is 9.79 Å². The molecule has 2 heterocycles. The van der Waals surface area contributed by atoms with Gasteiger partial charge in [-0.05, 0) is 43.2 Å². The smallest absolute Gasteiger partial charge is 0.231 e. The van der Waals surface area contributed by atoms with Crippen LogP contribution in [0.4, 0.5) is 0 Å². The number of benzene rings is 2. The van der Waals surface area contributed by atoms with E-state index >= 15 is 0 Å². The van der Waals surface area contributed by atoms with Crippen LogP contribution in [0, 0.1) is 13.8 Å². The first-order valence-electron chi connectivity index (χ1n) is 6.65. The lowest BCUT2D eigenvalue weighted by Crippen LogP contribution is -1.97.